The fourth-order valence-corrected chi connectivity index (χ4v) is 6.20. The van der Waals surface area contributed by atoms with Crippen molar-refractivity contribution in [1.29, 1.82) is 0 Å². The third-order valence-electron chi connectivity index (χ3n) is 8.75. The zero-order valence-corrected chi connectivity index (χ0v) is 27.9. The number of ether oxygens (including phenoxy) is 1. The van der Waals surface area contributed by atoms with Crippen molar-refractivity contribution in [2.45, 2.75) is 76.6 Å². The molecule has 0 radical (unpaired) electrons. The molecule has 2 aliphatic rings. The molecule has 1 heterocycles. The van der Waals surface area contributed by atoms with Crippen LogP contribution in [0.3, 0.4) is 0 Å². The van der Waals surface area contributed by atoms with E-state index in [9.17, 15) is 23.6 Å². The normalized spacial score (nSPS) is 18.1. The Labute approximate surface area is 276 Å². The maximum Gasteiger partial charge on any atom is 0.408 e. The van der Waals surface area contributed by atoms with E-state index >= 15 is 0 Å². The van der Waals surface area contributed by atoms with Gasteiger partial charge in [-0.1, -0.05) is 67.4 Å². The average Bonchev–Trinajstić information content (AvgIpc) is 3.84. The predicted octanol–water partition coefficient (Wildman–Crippen LogP) is 4.95. The summed E-state index contributed by atoms with van der Waals surface area (Å²) >= 11 is 0. The Morgan fingerprint density at radius 3 is 2.23 bits per heavy atom. The summed E-state index contributed by atoms with van der Waals surface area (Å²) in [5.74, 6) is -0.970. The highest BCUT2D eigenvalue weighted by Crippen LogP contribution is 2.36. The summed E-state index contributed by atoms with van der Waals surface area (Å²) in [5, 5.41) is 4.87. The van der Waals surface area contributed by atoms with Crippen LogP contribution < -0.4 is 5.32 Å². The second-order valence-corrected chi connectivity index (χ2v) is 13.9. The first-order valence-electron chi connectivity index (χ1n) is 16.3. The summed E-state index contributed by atoms with van der Waals surface area (Å²) in [4.78, 5) is 60.0. The molecule has 9 nitrogen and oxygen atoms in total. The Kier molecular flexibility index (Phi) is 10.2. The maximum absolute atomic E-state index is 14.4. The maximum atomic E-state index is 14.4. The molecule has 1 aliphatic heterocycles. The van der Waals surface area contributed by atoms with Gasteiger partial charge >= 0.3 is 6.09 Å². The first kappa shape index (κ1) is 33.9. The molecule has 0 unspecified atom stereocenters. The number of carbonyl (C=O) groups is 4. The van der Waals surface area contributed by atoms with Gasteiger partial charge in [0.25, 0.3) is 0 Å². The molecular weight excluding hydrogens is 599 g/mol. The van der Waals surface area contributed by atoms with Gasteiger partial charge in [-0.15, -0.1) is 0 Å². The van der Waals surface area contributed by atoms with Crippen molar-refractivity contribution < 1.29 is 28.3 Å². The number of benzene rings is 3. The Hall–Kier alpha value is -4.47. The molecule has 4 amide bonds. The lowest BCUT2D eigenvalue weighted by Crippen LogP contribution is -2.65. The van der Waals surface area contributed by atoms with E-state index < -0.39 is 41.5 Å². The molecular formula is C37H45FN4O5. The van der Waals surface area contributed by atoms with Gasteiger partial charge in [-0.25, -0.2) is 9.18 Å². The van der Waals surface area contributed by atoms with E-state index in [1.54, 1.807) is 56.8 Å². The van der Waals surface area contributed by atoms with Gasteiger partial charge in [0.1, 0.15) is 29.5 Å². The van der Waals surface area contributed by atoms with Crippen molar-refractivity contribution in [3.63, 3.8) is 0 Å². The minimum absolute atomic E-state index is 0.0899. The van der Waals surface area contributed by atoms with Crippen molar-refractivity contribution in [2.24, 2.45) is 5.92 Å². The molecule has 250 valence electrons. The Morgan fingerprint density at radius 1 is 0.936 bits per heavy atom. The summed E-state index contributed by atoms with van der Waals surface area (Å²) in [5.41, 5.74) is 0.800. The van der Waals surface area contributed by atoms with E-state index in [2.05, 4.69) is 11.4 Å². The number of carbonyl (C=O) groups excluding carboxylic acids is 4. The van der Waals surface area contributed by atoms with Gasteiger partial charge in [-0.05, 0) is 67.1 Å². The summed E-state index contributed by atoms with van der Waals surface area (Å²) in [6, 6.07) is 17.3. The smallest absolute Gasteiger partial charge is 0.408 e. The molecule has 3 aromatic carbocycles. The summed E-state index contributed by atoms with van der Waals surface area (Å²) < 4.78 is 19.1. The number of rotatable bonds is 10. The SMILES string of the molecule is CN(C)C(=O)[C@H](Cc1ccc2ccccc2c1)N1CCN(C(=O)[C@@H](Cc2ccc(F)cc2)NC(=O)OC(C)(C)C)[C@@H](CC2CC2)C1=O. The number of nitrogens with zero attached hydrogens (tertiary/aromatic N) is 3. The zero-order valence-electron chi connectivity index (χ0n) is 27.9. The van der Waals surface area contributed by atoms with Crippen molar-refractivity contribution in [2.75, 3.05) is 27.2 Å². The topological polar surface area (TPSA) is 99.3 Å². The average molecular weight is 645 g/mol. The molecule has 1 saturated carbocycles. The first-order valence-corrected chi connectivity index (χ1v) is 16.3. The van der Waals surface area contributed by atoms with Crippen LogP contribution in [0.4, 0.5) is 9.18 Å². The van der Waals surface area contributed by atoms with Crippen molar-refractivity contribution in [3.8, 4) is 0 Å². The lowest BCUT2D eigenvalue weighted by atomic mass is 9.96. The summed E-state index contributed by atoms with van der Waals surface area (Å²) in [7, 11) is 3.37. The standard InChI is InChI=1S/C37H45FN4O5/c1-37(2,3)47-36(46)39-30(21-24-13-16-29(38)17-14-24)33(43)41-18-19-42(35(45)32(41)22-25-10-11-25)31(34(44)40(4)5)23-26-12-15-27-8-6-7-9-28(27)20-26/h6-9,12-17,20,25,30-32H,10-11,18-19,21-23H2,1-5H3,(H,39,46)/t30-,31+,32+/m1/s1. The quantitative estimate of drug-likeness (QED) is 0.337. The van der Waals surface area contributed by atoms with Gasteiger partial charge in [0.15, 0.2) is 0 Å². The number of alkyl carbamates (subject to hydrolysis) is 1. The Bertz CT molecular complexity index is 1610. The second-order valence-electron chi connectivity index (χ2n) is 13.9. The second kappa shape index (κ2) is 14.1. The fourth-order valence-electron chi connectivity index (χ4n) is 6.20. The largest absolute Gasteiger partial charge is 0.444 e. The third-order valence-corrected chi connectivity index (χ3v) is 8.75. The zero-order chi connectivity index (χ0) is 33.9. The number of halogens is 1. The molecule has 0 spiro atoms. The number of piperazine rings is 1. The van der Waals surface area contributed by atoms with Crippen molar-refractivity contribution in [3.05, 3.63) is 83.7 Å². The van der Waals surface area contributed by atoms with Crippen LogP contribution in [0.5, 0.6) is 0 Å². The molecule has 1 saturated heterocycles. The van der Waals surface area contributed by atoms with Crippen LogP contribution in [0.25, 0.3) is 10.8 Å². The molecule has 5 rings (SSSR count). The molecule has 10 heteroatoms. The van der Waals surface area contributed by atoms with E-state index in [4.69, 9.17) is 4.74 Å². The van der Waals surface area contributed by atoms with Crippen LogP contribution in [0, 0.1) is 11.7 Å². The van der Waals surface area contributed by atoms with E-state index in [1.807, 2.05) is 36.4 Å². The highest BCUT2D eigenvalue weighted by atomic mass is 19.1. The third kappa shape index (κ3) is 8.67. The van der Waals surface area contributed by atoms with Gasteiger partial charge in [-0.3, -0.25) is 14.4 Å². The Balaban J connectivity index is 1.42. The first-order chi connectivity index (χ1) is 22.3. The number of amides is 4. The number of nitrogens with one attached hydrogen (secondary N) is 1. The van der Waals surface area contributed by atoms with E-state index in [0.717, 1.165) is 29.2 Å². The number of likely N-dealkylation sites (N-methyl/N-ethyl adjacent to an activating group) is 1. The molecule has 0 bridgehead atoms. The highest BCUT2D eigenvalue weighted by molar-refractivity contribution is 5.95. The number of hydrogen-bond donors (Lipinski definition) is 1. The van der Waals surface area contributed by atoms with E-state index in [0.29, 0.717) is 24.3 Å². The minimum atomic E-state index is -1.05. The molecule has 1 aliphatic carbocycles. The lowest BCUT2D eigenvalue weighted by molar-refractivity contribution is -0.158. The number of hydrogen-bond acceptors (Lipinski definition) is 5. The number of fused-ring (bicyclic) bond motifs is 1. The van der Waals surface area contributed by atoms with Crippen LogP contribution in [0.2, 0.25) is 0 Å². The molecule has 3 aromatic rings. The van der Waals surface area contributed by atoms with Crippen LogP contribution in [-0.2, 0) is 32.0 Å². The lowest BCUT2D eigenvalue weighted by Gasteiger charge is -2.45. The summed E-state index contributed by atoms with van der Waals surface area (Å²) in [6.07, 6.45) is 2.09. The van der Waals surface area contributed by atoms with Crippen LogP contribution >= 0.6 is 0 Å². The molecule has 0 aromatic heterocycles. The predicted molar refractivity (Wildman–Crippen MR) is 178 cm³/mol. The van der Waals surface area contributed by atoms with Crippen LogP contribution in [0.1, 0.15) is 51.2 Å². The van der Waals surface area contributed by atoms with Crippen molar-refractivity contribution in [1.82, 2.24) is 20.0 Å². The van der Waals surface area contributed by atoms with Crippen LogP contribution in [-0.4, -0.2) is 89.4 Å². The molecule has 2 fully saturated rings. The van der Waals surface area contributed by atoms with E-state index in [1.165, 1.54) is 17.0 Å². The monoisotopic (exact) mass is 644 g/mol. The molecule has 47 heavy (non-hydrogen) atoms. The van der Waals surface area contributed by atoms with Gasteiger partial charge in [0.2, 0.25) is 17.7 Å². The minimum Gasteiger partial charge on any atom is -0.444 e. The van der Waals surface area contributed by atoms with Gasteiger partial charge in [0.05, 0.1) is 0 Å². The van der Waals surface area contributed by atoms with Gasteiger partial charge < -0.3 is 24.8 Å². The molecule has 1 N–H and O–H groups in total. The van der Waals surface area contributed by atoms with Gasteiger partial charge in [0, 0.05) is 40.0 Å². The Morgan fingerprint density at radius 2 is 1.60 bits per heavy atom. The van der Waals surface area contributed by atoms with Gasteiger partial charge in [-0.2, -0.15) is 0 Å². The van der Waals surface area contributed by atoms with Crippen molar-refractivity contribution >= 4 is 34.6 Å². The fraction of sp³-hybridized carbons (Fsp3) is 0.459. The van der Waals surface area contributed by atoms with Crippen LogP contribution in [0.15, 0.2) is 66.7 Å². The molecule has 3 atom stereocenters. The van der Waals surface area contributed by atoms with E-state index in [-0.39, 0.29) is 31.3 Å². The highest BCUT2D eigenvalue weighted by Gasteiger charge is 2.46. The summed E-state index contributed by atoms with van der Waals surface area (Å²) in [6.45, 7) is 5.56.